The minimum Gasteiger partial charge on any atom is -0.497 e. The molecule has 2 aliphatic heterocycles. The summed E-state index contributed by atoms with van der Waals surface area (Å²) in [5.41, 5.74) is 2.49. The maximum Gasteiger partial charge on any atom is 0.242 e. The zero-order valence-corrected chi connectivity index (χ0v) is 20.0. The number of fused-ring (bicyclic) bond motifs is 1. The molecule has 3 amide bonds. The van der Waals surface area contributed by atoms with Crippen molar-refractivity contribution < 1.29 is 23.5 Å². The van der Waals surface area contributed by atoms with Crippen molar-refractivity contribution in [1.82, 2.24) is 15.1 Å². The quantitative estimate of drug-likeness (QED) is 0.493. The molecule has 0 aliphatic carbocycles. The summed E-state index contributed by atoms with van der Waals surface area (Å²) in [5.74, 6) is 2.10. The SMILES string of the molecule is COc1cccc(N2CC(C(=O)Nc3c4c(nn3CC(=O)NCc3ccco3)CSC4)CC2=O)c1. The van der Waals surface area contributed by atoms with Gasteiger partial charge in [-0.15, -0.1) is 0 Å². The predicted octanol–water partition coefficient (Wildman–Crippen LogP) is 2.54. The van der Waals surface area contributed by atoms with Crippen molar-refractivity contribution in [3.8, 4) is 5.75 Å². The molecule has 2 aliphatic rings. The first-order valence-corrected chi connectivity index (χ1v) is 12.4. The molecular formula is C24H25N5O5S. The maximum absolute atomic E-state index is 13.2. The highest BCUT2D eigenvalue weighted by Gasteiger charge is 2.36. The number of methoxy groups -OCH3 is 1. The van der Waals surface area contributed by atoms with Crippen molar-refractivity contribution in [3.05, 3.63) is 59.7 Å². The van der Waals surface area contributed by atoms with Crippen molar-refractivity contribution in [2.75, 3.05) is 23.9 Å². The summed E-state index contributed by atoms with van der Waals surface area (Å²) in [5, 5.41) is 10.3. The maximum atomic E-state index is 13.2. The molecule has 0 bridgehead atoms. The van der Waals surface area contributed by atoms with E-state index in [4.69, 9.17) is 9.15 Å². The third-order valence-electron chi connectivity index (χ3n) is 6.05. The lowest BCUT2D eigenvalue weighted by molar-refractivity contribution is -0.123. The van der Waals surface area contributed by atoms with E-state index in [1.165, 1.54) is 4.68 Å². The van der Waals surface area contributed by atoms with Crippen molar-refractivity contribution >= 4 is 41.0 Å². The van der Waals surface area contributed by atoms with Gasteiger partial charge in [-0.2, -0.15) is 16.9 Å². The minimum atomic E-state index is -0.519. The number of furan rings is 1. The van der Waals surface area contributed by atoms with Gasteiger partial charge in [0.25, 0.3) is 0 Å². The monoisotopic (exact) mass is 495 g/mol. The van der Waals surface area contributed by atoms with Crippen LogP contribution in [0.4, 0.5) is 11.5 Å². The van der Waals surface area contributed by atoms with Crippen molar-refractivity contribution in [3.63, 3.8) is 0 Å². The Hall–Kier alpha value is -3.73. The molecule has 2 N–H and O–H groups in total. The van der Waals surface area contributed by atoms with E-state index < -0.39 is 5.92 Å². The van der Waals surface area contributed by atoms with Crippen LogP contribution in [0.5, 0.6) is 5.75 Å². The van der Waals surface area contributed by atoms with E-state index in [1.54, 1.807) is 54.3 Å². The van der Waals surface area contributed by atoms with Crippen LogP contribution < -0.4 is 20.3 Å². The van der Waals surface area contributed by atoms with Gasteiger partial charge in [0.2, 0.25) is 17.7 Å². The lowest BCUT2D eigenvalue weighted by Gasteiger charge is -2.18. The van der Waals surface area contributed by atoms with Crippen LogP contribution in [-0.2, 0) is 39.0 Å². The number of rotatable bonds is 8. The number of amides is 3. The van der Waals surface area contributed by atoms with Gasteiger partial charge in [-0.3, -0.25) is 14.4 Å². The first-order chi connectivity index (χ1) is 17.0. The number of carbonyl (C=O) groups is 3. The Bertz CT molecular complexity index is 1260. The van der Waals surface area contributed by atoms with Gasteiger partial charge in [-0.05, 0) is 24.3 Å². The second-order valence-electron chi connectivity index (χ2n) is 8.38. The molecule has 1 fully saturated rings. The van der Waals surface area contributed by atoms with Crippen LogP contribution >= 0.6 is 11.8 Å². The van der Waals surface area contributed by atoms with Gasteiger partial charge >= 0.3 is 0 Å². The van der Waals surface area contributed by atoms with Gasteiger partial charge in [-0.1, -0.05) is 6.07 Å². The van der Waals surface area contributed by atoms with Crippen molar-refractivity contribution in [2.24, 2.45) is 5.92 Å². The van der Waals surface area contributed by atoms with Gasteiger partial charge < -0.3 is 24.7 Å². The predicted molar refractivity (Wildman–Crippen MR) is 130 cm³/mol. The molecular weight excluding hydrogens is 470 g/mol. The van der Waals surface area contributed by atoms with E-state index in [0.29, 0.717) is 28.8 Å². The molecule has 35 heavy (non-hydrogen) atoms. The van der Waals surface area contributed by atoms with Crippen molar-refractivity contribution in [2.45, 2.75) is 31.0 Å². The van der Waals surface area contributed by atoms with Crippen LogP contribution in [0.2, 0.25) is 0 Å². The number of hydrogen-bond acceptors (Lipinski definition) is 7. The lowest BCUT2D eigenvalue weighted by Crippen LogP contribution is -2.31. The van der Waals surface area contributed by atoms with E-state index >= 15 is 0 Å². The highest BCUT2D eigenvalue weighted by Crippen LogP contribution is 2.35. The Morgan fingerprint density at radius 2 is 2.14 bits per heavy atom. The fraction of sp³-hybridized carbons (Fsp3) is 0.333. The lowest BCUT2D eigenvalue weighted by atomic mass is 10.1. The van der Waals surface area contributed by atoms with Gasteiger partial charge in [0.05, 0.1) is 31.5 Å². The van der Waals surface area contributed by atoms with E-state index in [0.717, 1.165) is 17.0 Å². The highest BCUT2D eigenvalue weighted by molar-refractivity contribution is 7.98. The van der Waals surface area contributed by atoms with Gasteiger partial charge in [0.15, 0.2) is 0 Å². The van der Waals surface area contributed by atoms with Crippen LogP contribution in [-0.4, -0.2) is 41.2 Å². The van der Waals surface area contributed by atoms with Crippen LogP contribution in [0.25, 0.3) is 0 Å². The Morgan fingerprint density at radius 1 is 1.26 bits per heavy atom. The fourth-order valence-electron chi connectivity index (χ4n) is 4.24. The molecule has 5 rings (SSSR count). The summed E-state index contributed by atoms with van der Waals surface area (Å²) in [4.78, 5) is 40.0. The molecule has 1 saturated heterocycles. The number of aromatic nitrogens is 2. The molecule has 1 atom stereocenters. The normalized spacial score (nSPS) is 16.9. The molecule has 0 radical (unpaired) electrons. The van der Waals surface area contributed by atoms with E-state index in [2.05, 4.69) is 15.7 Å². The number of nitrogens with one attached hydrogen (secondary N) is 2. The molecule has 1 aromatic carbocycles. The molecule has 3 aromatic rings. The summed E-state index contributed by atoms with van der Waals surface area (Å²) in [6.07, 6.45) is 1.66. The molecule has 0 saturated carbocycles. The first kappa shape index (κ1) is 23.0. The number of carbonyl (C=O) groups excluding carboxylic acids is 3. The third kappa shape index (κ3) is 4.90. The number of benzene rings is 1. The smallest absolute Gasteiger partial charge is 0.242 e. The second kappa shape index (κ2) is 9.87. The van der Waals surface area contributed by atoms with Crippen LogP contribution in [0, 0.1) is 5.92 Å². The fourth-order valence-corrected chi connectivity index (χ4v) is 5.28. The number of hydrogen-bond donors (Lipinski definition) is 2. The summed E-state index contributed by atoms with van der Waals surface area (Å²) in [6.45, 7) is 0.509. The standard InChI is InChI=1S/C24H25N5O5S/c1-33-17-5-2-4-16(9-17)28-11-15(8-22(28)31)24(32)26-23-19-13-35-14-20(19)27-29(23)12-21(30)25-10-18-6-3-7-34-18/h2-7,9,15H,8,10-14H2,1H3,(H,25,30)(H,26,32). The first-order valence-electron chi connectivity index (χ1n) is 11.2. The number of anilines is 2. The number of ether oxygens (including phenoxy) is 1. The van der Waals surface area contributed by atoms with E-state index in [9.17, 15) is 14.4 Å². The topological polar surface area (TPSA) is 119 Å². The number of nitrogens with zero attached hydrogens (tertiary/aromatic N) is 3. The van der Waals surface area contributed by atoms with Gasteiger partial charge in [0, 0.05) is 41.8 Å². The van der Waals surface area contributed by atoms with E-state index in [-0.39, 0.29) is 43.8 Å². The second-order valence-corrected chi connectivity index (χ2v) is 9.36. The molecule has 4 heterocycles. The van der Waals surface area contributed by atoms with Crippen LogP contribution in [0.1, 0.15) is 23.4 Å². The molecule has 2 aromatic heterocycles. The van der Waals surface area contributed by atoms with E-state index in [1.807, 2.05) is 12.1 Å². The Balaban J connectivity index is 1.27. The summed E-state index contributed by atoms with van der Waals surface area (Å²) in [6, 6.07) is 10.8. The highest BCUT2D eigenvalue weighted by atomic mass is 32.2. The zero-order chi connectivity index (χ0) is 24.4. The minimum absolute atomic E-state index is 0.0342. The van der Waals surface area contributed by atoms with Gasteiger partial charge in [-0.25, -0.2) is 4.68 Å². The van der Waals surface area contributed by atoms with Crippen LogP contribution in [0.15, 0.2) is 47.1 Å². The summed E-state index contributed by atoms with van der Waals surface area (Å²) in [7, 11) is 1.57. The Labute approximate surface area is 206 Å². The largest absolute Gasteiger partial charge is 0.497 e. The van der Waals surface area contributed by atoms with Crippen LogP contribution in [0.3, 0.4) is 0 Å². The Kier molecular flexibility index (Phi) is 6.49. The average molecular weight is 496 g/mol. The summed E-state index contributed by atoms with van der Waals surface area (Å²) < 4.78 is 12.0. The molecule has 182 valence electrons. The molecule has 10 nitrogen and oxygen atoms in total. The molecule has 11 heteroatoms. The van der Waals surface area contributed by atoms with Gasteiger partial charge in [0.1, 0.15) is 23.9 Å². The molecule has 0 spiro atoms. The average Bonchev–Trinajstić information content (AvgIpc) is 3.65. The number of thioether (sulfide) groups is 1. The zero-order valence-electron chi connectivity index (χ0n) is 19.2. The van der Waals surface area contributed by atoms with Crippen molar-refractivity contribution in [1.29, 1.82) is 0 Å². The Morgan fingerprint density at radius 3 is 2.94 bits per heavy atom. The molecule has 1 unspecified atom stereocenters. The summed E-state index contributed by atoms with van der Waals surface area (Å²) >= 11 is 1.71. The third-order valence-corrected chi connectivity index (χ3v) is 7.02.